The van der Waals surface area contributed by atoms with Crippen LogP contribution in [0.2, 0.25) is 0 Å². The molecule has 0 N–H and O–H groups in total. The van der Waals surface area contributed by atoms with Gasteiger partial charge in [-0.1, -0.05) is 0 Å². The summed E-state index contributed by atoms with van der Waals surface area (Å²) in [4.78, 5) is 18.5. The Morgan fingerprint density at radius 1 is 1.55 bits per heavy atom. The van der Waals surface area contributed by atoms with Crippen LogP contribution in [0.1, 0.15) is 28.9 Å². The summed E-state index contributed by atoms with van der Waals surface area (Å²) < 4.78 is 11.3. The lowest BCUT2D eigenvalue weighted by molar-refractivity contribution is 0.00702. The molecule has 2 aliphatic heterocycles. The van der Waals surface area contributed by atoms with E-state index in [1.807, 2.05) is 24.0 Å². The third-order valence-electron chi connectivity index (χ3n) is 4.27. The molecule has 1 aromatic heterocycles. The maximum Gasteiger partial charge on any atom is 0.255 e. The minimum absolute atomic E-state index is 0.0406. The summed E-state index contributed by atoms with van der Waals surface area (Å²) in [5, 5.41) is 0. The maximum absolute atomic E-state index is 12.4. The van der Waals surface area contributed by atoms with Crippen LogP contribution >= 0.6 is 0 Å². The van der Waals surface area contributed by atoms with Crippen LogP contribution in [0.4, 0.5) is 0 Å². The molecule has 2 atom stereocenters. The molecule has 0 saturated carbocycles. The second kappa shape index (κ2) is 5.14. The van der Waals surface area contributed by atoms with Crippen molar-refractivity contribution >= 4 is 5.91 Å². The molecule has 3 rings (SSSR count). The van der Waals surface area contributed by atoms with Crippen LogP contribution < -0.4 is 0 Å². The van der Waals surface area contributed by atoms with Gasteiger partial charge in [-0.2, -0.15) is 0 Å². The average Bonchev–Trinajstić information content (AvgIpc) is 3.07. The quantitative estimate of drug-likeness (QED) is 0.819. The van der Waals surface area contributed by atoms with Gasteiger partial charge in [-0.3, -0.25) is 9.78 Å². The first-order valence-corrected chi connectivity index (χ1v) is 7.01. The first-order valence-electron chi connectivity index (χ1n) is 7.01. The van der Waals surface area contributed by atoms with Gasteiger partial charge < -0.3 is 14.4 Å². The standard InChI is InChI=1S/C15H20N2O3/c1-11-3-4-12(8-16-11)14(18)17-6-5-15(10-17)7-13(19-2)9-20-15/h3-4,8,13H,5-7,9-10H2,1-2H3. The minimum atomic E-state index is -0.200. The summed E-state index contributed by atoms with van der Waals surface area (Å²) in [5.41, 5.74) is 1.37. The van der Waals surface area contributed by atoms with Gasteiger partial charge in [0.1, 0.15) is 0 Å². The van der Waals surface area contributed by atoms with Crippen molar-refractivity contribution in [3.8, 4) is 0 Å². The van der Waals surface area contributed by atoms with Crippen molar-refractivity contribution in [3.63, 3.8) is 0 Å². The number of amides is 1. The number of likely N-dealkylation sites (tertiary alicyclic amines) is 1. The Kier molecular flexibility index (Phi) is 3.48. The van der Waals surface area contributed by atoms with Crippen molar-refractivity contribution < 1.29 is 14.3 Å². The van der Waals surface area contributed by atoms with Gasteiger partial charge in [0.05, 0.1) is 30.4 Å². The number of ether oxygens (including phenoxy) is 2. The lowest BCUT2D eigenvalue weighted by Crippen LogP contribution is -2.36. The highest BCUT2D eigenvalue weighted by Crippen LogP contribution is 2.36. The second-order valence-corrected chi connectivity index (χ2v) is 5.72. The average molecular weight is 276 g/mol. The van der Waals surface area contributed by atoms with E-state index >= 15 is 0 Å². The molecule has 0 bridgehead atoms. The summed E-state index contributed by atoms with van der Waals surface area (Å²) in [6.45, 7) is 3.93. The zero-order valence-corrected chi connectivity index (χ0v) is 12.0. The highest BCUT2D eigenvalue weighted by Gasteiger charge is 2.46. The number of hydrogen-bond donors (Lipinski definition) is 0. The molecular weight excluding hydrogens is 256 g/mol. The van der Waals surface area contributed by atoms with E-state index in [0.29, 0.717) is 18.7 Å². The molecule has 108 valence electrons. The molecule has 0 aromatic carbocycles. The number of nitrogens with zero attached hydrogens (tertiary/aromatic N) is 2. The fourth-order valence-electron chi connectivity index (χ4n) is 3.03. The fourth-order valence-corrected chi connectivity index (χ4v) is 3.03. The lowest BCUT2D eigenvalue weighted by Gasteiger charge is -2.23. The molecule has 2 fully saturated rings. The summed E-state index contributed by atoms with van der Waals surface area (Å²) in [5.74, 6) is 0.0406. The number of pyridine rings is 1. The highest BCUT2D eigenvalue weighted by molar-refractivity contribution is 5.94. The molecule has 2 saturated heterocycles. The normalized spacial score (nSPS) is 29.3. The van der Waals surface area contributed by atoms with Gasteiger partial charge >= 0.3 is 0 Å². The SMILES string of the molecule is COC1COC2(CCN(C(=O)c3ccc(C)nc3)C2)C1. The number of aromatic nitrogens is 1. The third-order valence-corrected chi connectivity index (χ3v) is 4.27. The number of carbonyl (C=O) groups is 1. The molecule has 3 heterocycles. The lowest BCUT2D eigenvalue weighted by atomic mass is 9.98. The number of carbonyl (C=O) groups excluding carboxylic acids is 1. The Labute approximate surface area is 118 Å². The Morgan fingerprint density at radius 3 is 3.05 bits per heavy atom. The monoisotopic (exact) mass is 276 g/mol. The van der Waals surface area contributed by atoms with Crippen LogP contribution in [0.5, 0.6) is 0 Å². The van der Waals surface area contributed by atoms with E-state index in [0.717, 1.165) is 25.1 Å². The van der Waals surface area contributed by atoms with E-state index in [4.69, 9.17) is 9.47 Å². The van der Waals surface area contributed by atoms with Crippen molar-refractivity contribution in [2.75, 3.05) is 26.8 Å². The Balaban J connectivity index is 1.68. The van der Waals surface area contributed by atoms with E-state index in [1.54, 1.807) is 13.3 Å². The molecule has 5 nitrogen and oxygen atoms in total. The fraction of sp³-hybridized carbons (Fsp3) is 0.600. The molecule has 2 unspecified atom stereocenters. The van der Waals surface area contributed by atoms with E-state index in [1.165, 1.54) is 0 Å². The highest BCUT2D eigenvalue weighted by atomic mass is 16.6. The van der Waals surface area contributed by atoms with Crippen molar-refractivity contribution in [2.24, 2.45) is 0 Å². The van der Waals surface area contributed by atoms with Crippen LogP contribution in [0.25, 0.3) is 0 Å². The van der Waals surface area contributed by atoms with Gasteiger partial charge in [-0.15, -0.1) is 0 Å². The summed E-state index contributed by atoms with van der Waals surface area (Å²) in [6.07, 6.45) is 3.57. The minimum Gasteiger partial charge on any atom is -0.379 e. The van der Waals surface area contributed by atoms with Gasteiger partial charge in [-0.05, 0) is 25.5 Å². The van der Waals surface area contributed by atoms with Gasteiger partial charge in [0.2, 0.25) is 0 Å². The van der Waals surface area contributed by atoms with Crippen LogP contribution in [0.3, 0.4) is 0 Å². The predicted octanol–water partition coefficient (Wildman–Crippen LogP) is 1.41. The number of aryl methyl sites for hydroxylation is 1. The molecule has 1 amide bonds. The Hall–Kier alpha value is -1.46. The topological polar surface area (TPSA) is 51.7 Å². The van der Waals surface area contributed by atoms with Crippen molar-refractivity contribution in [3.05, 3.63) is 29.6 Å². The van der Waals surface area contributed by atoms with E-state index in [2.05, 4.69) is 4.98 Å². The zero-order valence-electron chi connectivity index (χ0n) is 12.0. The van der Waals surface area contributed by atoms with E-state index in [9.17, 15) is 4.79 Å². The number of hydrogen-bond acceptors (Lipinski definition) is 4. The van der Waals surface area contributed by atoms with E-state index in [-0.39, 0.29) is 17.6 Å². The first kappa shape index (κ1) is 13.5. The smallest absolute Gasteiger partial charge is 0.255 e. The van der Waals surface area contributed by atoms with Crippen molar-refractivity contribution in [1.82, 2.24) is 9.88 Å². The van der Waals surface area contributed by atoms with Crippen LogP contribution in [-0.2, 0) is 9.47 Å². The first-order chi connectivity index (χ1) is 9.62. The zero-order chi connectivity index (χ0) is 14.2. The molecule has 0 radical (unpaired) electrons. The summed E-state index contributed by atoms with van der Waals surface area (Å²) in [6, 6.07) is 3.70. The molecular formula is C15H20N2O3. The third kappa shape index (κ3) is 2.43. The van der Waals surface area contributed by atoms with Crippen molar-refractivity contribution in [1.29, 1.82) is 0 Å². The van der Waals surface area contributed by atoms with Gasteiger partial charge in [0, 0.05) is 32.0 Å². The van der Waals surface area contributed by atoms with Crippen LogP contribution in [0, 0.1) is 6.92 Å². The molecule has 1 aromatic rings. The molecule has 0 aliphatic carbocycles. The number of methoxy groups -OCH3 is 1. The van der Waals surface area contributed by atoms with Gasteiger partial charge in [-0.25, -0.2) is 0 Å². The van der Waals surface area contributed by atoms with Crippen molar-refractivity contribution in [2.45, 2.75) is 31.5 Å². The van der Waals surface area contributed by atoms with Gasteiger partial charge in [0.25, 0.3) is 5.91 Å². The largest absolute Gasteiger partial charge is 0.379 e. The van der Waals surface area contributed by atoms with Gasteiger partial charge in [0.15, 0.2) is 0 Å². The molecule has 2 aliphatic rings. The Bertz CT molecular complexity index is 502. The molecule has 20 heavy (non-hydrogen) atoms. The van der Waals surface area contributed by atoms with Crippen LogP contribution in [-0.4, -0.2) is 54.3 Å². The summed E-state index contributed by atoms with van der Waals surface area (Å²) in [7, 11) is 1.71. The predicted molar refractivity (Wildman–Crippen MR) is 73.6 cm³/mol. The summed E-state index contributed by atoms with van der Waals surface area (Å²) >= 11 is 0. The number of rotatable bonds is 2. The van der Waals surface area contributed by atoms with Crippen LogP contribution in [0.15, 0.2) is 18.3 Å². The maximum atomic E-state index is 12.4. The molecule has 1 spiro atoms. The Morgan fingerprint density at radius 2 is 2.40 bits per heavy atom. The second-order valence-electron chi connectivity index (χ2n) is 5.72. The van der Waals surface area contributed by atoms with E-state index < -0.39 is 0 Å². The molecule has 5 heteroatoms.